The van der Waals surface area contributed by atoms with E-state index < -0.39 is 0 Å². The second-order valence-corrected chi connectivity index (χ2v) is 5.67. The van der Waals surface area contributed by atoms with Crippen molar-refractivity contribution in [2.75, 3.05) is 13.7 Å². The molecule has 1 amide bonds. The Morgan fingerprint density at radius 1 is 1.36 bits per heavy atom. The van der Waals surface area contributed by atoms with Gasteiger partial charge in [0.05, 0.1) is 18.4 Å². The Bertz CT molecular complexity index is 969. The van der Waals surface area contributed by atoms with Gasteiger partial charge in [0.2, 0.25) is 0 Å². The number of aryl methyl sites for hydroxylation is 1. The lowest BCUT2D eigenvalue weighted by molar-refractivity contribution is 0.0949. The molecule has 6 nitrogen and oxygen atoms in total. The summed E-state index contributed by atoms with van der Waals surface area (Å²) >= 11 is 0. The van der Waals surface area contributed by atoms with E-state index >= 15 is 0 Å². The highest BCUT2D eigenvalue weighted by molar-refractivity contribution is 5.92. The number of hydrogen-bond donors (Lipinski definition) is 2. The minimum Gasteiger partial charge on any atom is -0.497 e. The van der Waals surface area contributed by atoms with Gasteiger partial charge in [-0.25, -0.2) is 4.98 Å². The number of nitriles is 1. The second kappa shape index (κ2) is 7.05. The molecule has 1 aromatic carbocycles. The minimum absolute atomic E-state index is 0.245. The number of nitrogens with zero attached hydrogens (tertiary/aromatic N) is 2. The molecule has 25 heavy (non-hydrogen) atoms. The molecule has 2 N–H and O–H groups in total. The normalized spacial score (nSPS) is 10.4. The lowest BCUT2D eigenvalue weighted by Crippen LogP contribution is -2.26. The van der Waals surface area contributed by atoms with Crippen LogP contribution >= 0.6 is 0 Å². The summed E-state index contributed by atoms with van der Waals surface area (Å²) in [5, 5.41) is 12.9. The number of aromatic nitrogens is 2. The van der Waals surface area contributed by atoms with Gasteiger partial charge in [-0.3, -0.25) is 4.79 Å². The van der Waals surface area contributed by atoms with Crippen LogP contribution in [-0.2, 0) is 6.42 Å². The molecule has 2 aromatic heterocycles. The Labute approximate surface area is 145 Å². The highest BCUT2D eigenvalue weighted by Crippen LogP contribution is 2.23. The molecular formula is C19H18N4O2. The molecule has 0 unspecified atom stereocenters. The number of hydrogen-bond acceptors (Lipinski definition) is 4. The first-order chi connectivity index (χ1) is 12.1. The van der Waals surface area contributed by atoms with E-state index in [4.69, 9.17) is 10.00 Å². The van der Waals surface area contributed by atoms with Crippen LogP contribution in [0.15, 0.2) is 36.5 Å². The summed E-state index contributed by atoms with van der Waals surface area (Å²) < 4.78 is 5.26. The maximum atomic E-state index is 12.2. The van der Waals surface area contributed by atoms with Crippen molar-refractivity contribution in [2.24, 2.45) is 0 Å². The van der Waals surface area contributed by atoms with E-state index in [2.05, 4.69) is 15.3 Å². The number of ether oxygens (including phenoxy) is 1. The molecule has 3 aromatic rings. The van der Waals surface area contributed by atoms with Gasteiger partial charge in [-0.15, -0.1) is 0 Å². The summed E-state index contributed by atoms with van der Waals surface area (Å²) in [7, 11) is 1.64. The third-order valence-electron chi connectivity index (χ3n) is 4.09. The van der Waals surface area contributed by atoms with Crippen LogP contribution in [0.3, 0.4) is 0 Å². The highest BCUT2D eigenvalue weighted by atomic mass is 16.5. The summed E-state index contributed by atoms with van der Waals surface area (Å²) in [6.45, 7) is 2.21. The van der Waals surface area contributed by atoms with Crippen molar-refractivity contribution in [1.29, 1.82) is 5.26 Å². The Morgan fingerprint density at radius 3 is 2.92 bits per heavy atom. The van der Waals surface area contributed by atoms with Crippen LogP contribution in [0.5, 0.6) is 5.75 Å². The zero-order chi connectivity index (χ0) is 17.8. The van der Waals surface area contributed by atoms with E-state index in [0.29, 0.717) is 29.9 Å². The van der Waals surface area contributed by atoms with Gasteiger partial charge in [0, 0.05) is 23.6 Å². The summed E-state index contributed by atoms with van der Waals surface area (Å²) in [4.78, 5) is 19.6. The quantitative estimate of drug-likeness (QED) is 0.750. The minimum atomic E-state index is -0.245. The van der Waals surface area contributed by atoms with Crippen molar-refractivity contribution in [3.8, 4) is 11.8 Å². The average Bonchev–Trinajstić information content (AvgIpc) is 3.03. The van der Waals surface area contributed by atoms with Crippen molar-refractivity contribution in [3.05, 3.63) is 59.0 Å². The first-order valence-corrected chi connectivity index (χ1v) is 7.92. The molecule has 0 saturated carbocycles. The standard InChI is InChI=1S/C19H18N4O2/c1-12-13(10-20)3-5-18(23-12)19(24)21-8-7-14-11-22-17-6-4-15(25-2)9-16(14)17/h3-6,9,11,22H,7-8H2,1-2H3,(H,21,24). The molecule has 0 spiro atoms. The fraction of sp³-hybridized carbons (Fsp3) is 0.211. The monoisotopic (exact) mass is 334 g/mol. The third-order valence-corrected chi connectivity index (χ3v) is 4.09. The molecule has 2 heterocycles. The van der Waals surface area contributed by atoms with Crippen molar-refractivity contribution >= 4 is 16.8 Å². The molecule has 0 aliphatic carbocycles. The molecule has 0 saturated heterocycles. The lowest BCUT2D eigenvalue weighted by atomic mass is 10.1. The van der Waals surface area contributed by atoms with Gasteiger partial charge in [0.15, 0.2) is 0 Å². The molecule has 0 atom stereocenters. The molecule has 0 aliphatic rings. The number of pyridine rings is 1. The summed E-state index contributed by atoms with van der Waals surface area (Å²) in [6, 6.07) is 11.1. The number of H-pyrrole nitrogens is 1. The fourth-order valence-electron chi connectivity index (χ4n) is 2.70. The smallest absolute Gasteiger partial charge is 0.269 e. The lowest BCUT2D eigenvalue weighted by Gasteiger charge is -2.06. The average molecular weight is 334 g/mol. The number of methoxy groups -OCH3 is 1. The number of carbonyl (C=O) groups is 1. The zero-order valence-corrected chi connectivity index (χ0v) is 14.1. The largest absolute Gasteiger partial charge is 0.497 e. The molecule has 6 heteroatoms. The predicted molar refractivity (Wildman–Crippen MR) is 94.6 cm³/mol. The topological polar surface area (TPSA) is 90.8 Å². The SMILES string of the molecule is COc1ccc2[nH]cc(CCNC(=O)c3ccc(C#N)c(C)n3)c2c1. The van der Waals surface area contributed by atoms with E-state index in [9.17, 15) is 4.79 Å². The van der Waals surface area contributed by atoms with Crippen LogP contribution < -0.4 is 10.1 Å². The molecule has 0 aliphatic heterocycles. The van der Waals surface area contributed by atoms with Gasteiger partial charge in [0.25, 0.3) is 5.91 Å². The second-order valence-electron chi connectivity index (χ2n) is 5.67. The van der Waals surface area contributed by atoms with Crippen LogP contribution in [0.25, 0.3) is 10.9 Å². The number of rotatable bonds is 5. The van der Waals surface area contributed by atoms with E-state index in [0.717, 1.165) is 22.2 Å². The number of amides is 1. The number of aromatic amines is 1. The first kappa shape index (κ1) is 16.5. The summed E-state index contributed by atoms with van der Waals surface area (Å²) in [5.74, 6) is 0.555. The van der Waals surface area contributed by atoms with Gasteiger partial charge in [-0.05, 0) is 49.2 Å². The first-order valence-electron chi connectivity index (χ1n) is 7.92. The van der Waals surface area contributed by atoms with Gasteiger partial charge in [0.1, 0.15) is 17.5 Å². The van der Waals surface area contributed by atoms with Crippen molar-refractivity contribution in [3.63, 3.8) is 0 Å². The Balaban J connectivity index is 1.66. The van der Waals surface area contributed by atoms with Crippen LogP contribution in [-0.4, -0.2) is 29.5 Å². The van der Waals surface area contributed by atoms with Crippen molar-refractivity contribution in [2.45, 2.75) is 13.3 Å². The van der Waals surface area contributed by atoms with Crippen molar-refractivity contribution < 1.29 is 9.53 Å². The van der Waals surface area contributed by atoms with Crippen LogP contribution in [0.4, 0.5) is 0 Å². The number of fused-ring (bicyclic) bond motifs is 1. The van der Waals surface area contributed by atoms with Crippen LogP contribution in [0.1, 0.15) is 27.3 Å². The predicted octanol–water partition coefficient (Wildman–Crippen LogP) is 2.72. The van der Waals surface area contributed by atoms with Gasteiger partial charge in [-0.2, -0.15) is 5.26 Å². The Hall–Kier alpha value is -3.33. The summed E-state index contributed by atoms with van der Waals surface area (Å²) in [5.41, 5.74) is 3.49. The maximum absolute atomic E-state index is 12.2. The van der Waals surface area contributed by atoms with Crippen molar-refractivity contribution in [1.82, 2.24) is 15.3 Å². The van der Waals surface area contributed by atoms with Gasteiger partial charge >= 0.3 is 0 Å². The highest BCUT2D eigenvalue weighted by Gasteiger charge is 2.10. The summed E-state index contributed by atoms with van der Waals surface area (Å²) in [6.07, 6.45) is 2.63. The number of carbonyl (C=O) groups excluding carboxylic acids is 1. The van der Waals surface area contributed by atoms with Crippen LogP contribution in [0.2, 0.25) is 0 Å². The maximum Gasteiger partial charge on any atom is 0.269 e. The third kappa shape index (κ3) is 3.45. The molecule has 0 bridgehead atoms. The number of benzene rings is 1. The Kier molecular flexibility index (Phi) is 4.66. The molecule has 0 fully saturated rings. The van der Waals surface area contributed by atoms with Gasteiger partial charge in [-0.1, -0.05) is 0 Å². The number of nitrogens with one attached hydrogen (secondary N) is 2. The Morgan fingerprint density at radius 2 is 2.20 bits per heavy atom. The van der Waals surface area contributed by atoms with E-state index in [1.165, 1.54) is 0 Å². The van der Waals surface area contributed by atoms with Gasteiger partial charge < -0.3 is 15.0 Å². The van der Waals surface area contributed by atoms with E-state index in [1.807, 2.05) is 30.5 Å². The molecular weight excluding hydrogens is 316 g/mol. The zero-order valence-electron chi connectivity index (χ0n) is 14.1. The van der Waals surface area contributed by atoms with Crippen LogP contribution in [0, 0.1) is 18.3 Å². The molecule has 126 valence electrons. The molecule has 3 rings (SSSR count). The fourth-order valence-corrected chi connectivity index (χ4v) is 2.70. The van der Waals surface area contributed by atoms with E-state index in [-0.39, 0.29) is 5.91 Å². The van der Waals surface area contributed by atoms with E-state index in [1.54, 1.807) is 26.2 Å². The molecule has 0 radical (unpaired) electrons.